The van der Waals surface area contributed by atoms with Gasteiger partial charge in [-0.15, -0.1) is 11.3 Å². The van der Waals surface area contributed by atoms with Gasteiger partial charge in [0.2, 0.25) is 0 Å². The van der Waals surface area contributed by atoms with Gasteiger partial charge in [0.1, 0.15) is 0 Å². The van der Waals surface area contributed by atoms with Gasteiger partial charge in [0.15, 0.2) is 0 Å². The summed E-state index contributed by atoms with van der Waals surface area (Å²) in [6.07, 6.45) is 3.18. The molecule has 1 amide bonds. The first-order chi connectivity index (χ1) is 9.17. The molecular formula is C14H19NO3S. The molecule has 2 aliphatic rings. The molecule has 1 aliphatic heterocycles. The van der Waals surface area contributed by atoms with Crippen molar-refractivity contribution in [1.82, 2.24) is 4.90 Å². The molecule has 19 heavy (non-hydrogen) atoms. The van der Waals surface area contributed by atoms with Crippen molar-refractivity contribution in [3.05, 3.63) is 21.4 Å². The lowest BCUT2D eigenvalue weighted by Crippen LogP contribution is -2.50. The number of nitrogens with zero attached hydrogens (tertiary/aromatic N) is 1. The molecule has 5 heteroatoms. The molecule has 0 bridgehead atoms. The number of rotatable bonds is 2. The third-order valence-corrected chi connectivity index (χ3v) is 5.00. The predicted octanol–water partition coefficient (Wildman–Crippen LogP) is 1.46. The van der Waals surface area contributed by atoms with E-state index in [2.05, 4.69) is 6.07 Å². The van der Waals surface area contributed by atoms with Gasteiger partial charge in [-0.3, -0.25) is 4.79 Å². The van der Waals surface area contributed by atoms with E-state index < -0.39 is 0 Å². The Labute approximate surface area is 117 Å². The smallest absolute Gasteiger partial charge is 0.264 e. The van der Waals surface area contributed by atoms with Crippen LogP contribution < -0.4 is 0 Å². The van der Waals surface area contributed by atoms with Gasteiger partial charge < -0.3 is 14.7 Å². The number of carbonyl (C=O) groups is 1. The Morgan fingerprint density at radius 1 is 1.53 bits per heavy atom. The zero-order valence-electron chi connectivity index (χ0n) is 11.1. The molecule has 0 aromatic carbocycles. The summed E-state index contributed by atoms with van der Waals surface area (Å²) in [5, 5.41) is 9.21. The van der Waals surface area contributed by atoms with Gasteiger partial charge in [0, 0.05) is 18.0 Å². The maximum Gasteiger partial charge on any atom is 0.264 e. The molecule has 1 N–H and O–H groups in total. The van der Waals surface area contributed by atoms with E-state index in [0.717, 1.165) is 17.7 Å². The molecule has 1 fully saturated rings. The van der Waals surface area contributed by atoms with Crippen LogP contribution in [0.25, 0.3) is 0 Å². The minimum absolute atomic E-state index is 0.0124. The number of ether oxygens (including phenoxy) is 1. The number of hydrogen-bond donors (Lipinski definition) is 1. The lowest BCUT2D eigenvalue weighted by atomic mass is 10.2. The molecule has 1 aliphatic carbocycles. The largest absolute Gasteiger partial charge is 0.394 e. The zero-order chi connectivity index (χ0) is 13.4. The van der Waals surface area contributed by atoms with Crippen molar-refractivity contribution in [3.8, 4) is 0 Å². The Hall–Kier alpha value is -0.910. The maximum absolute atomic E-state index is 12.5. The maximum atomic E-state index is 12.5. The Kier molecular flexibility index (Phi) is 3.60. The highest BCUT2D eigenvalue weighted by Gasteiger charge is 2.30. The first kappa shape index (κ1) is 13.1. The highest BCUT2D eigenvalue weighted by atomic mass is 32.1. The molecule has 2 heterocycles. The minimum Gasteiger partial charge on any atom is -0.394 e. The molecule has 2 atom stereocenters. The molecule has 2 unspecified atom stereocenters. The average molecular weight is 281 g/mol. The molecule has 1 saturated heterocycles. The van der Waals surface area contributed by atoms with Crippen LogP contribution in [0.15, 0.2) is 6.07 Å². The van der Waals surface area contributed by atoms with Crippen molar-refractivity contribution in [1.29, 1.82) is 0 Å². The molecule has 0 spiro atoms. The summed E-state index contributed by atoms with van der Waals surface area (Å²) in [6.45, 7) is 3.01. The molecule has 0 saturated carbocycles. The summed E-state index contributed by atoms with van der Waals surface area (Å²) in [7, 11) is 0. The lowest BCUT2D eigenvalue weighted by Gasteiger charge is -2.35. The Morgan fingerprint density at radius 2 is 2.37 bits per heavy atom. The van der Waals surface area contributed by atoms with Crippen molar-refractivity contribution in [3.63, 3.8) is 0 Å². The summed E-state index contributed by atoms with van der Waals surface area (Å²) >= 11 is 1.64. The van der Waals surface area contributed by atoms with Gasteiger partial charge in [-0.2, -0.15) is 0 Å². The van der Waals surface area contributed by atoms with Crippen LogP contribution in [0.1, 0.15) is 33.5 Å². The van der Waals surface area contributed by atoms with E-state index in [-0.39, 0.29) is 24.7 Å². The second-order valence-electron chi connectivity index (χ2n) is 5.37. The fraction of sp³-hybridized carbons (Fsp3) is 0.643. The summed E-state index contributed by atoms with van der Waals surface area (Å²) in [5.41, 5.74) is 1.35. The SMILES string of the molecule is CC1CN(C(=O)c2cc3c(s2)CCC3)CC(CO)O1. The van der Waals surface area contributed by atoms with Gasteiger partial charge in [-0.25, -0.2) is 0 Å². The summed E-state index contributed by atoms with van der Waals surface area (Å²) in [6, 6.07) is 2.06. The Bertz CT molecular complexity index is 464. The van der Waals surface area contributed by atoms with Gasteiger partial charge in [-0.1, -0.05) is 0 Å². The number of amides is 1. The van der Waals surface area contributed by atoms with E-state index in [1.54, 1.807) is 11.3 Å². The fourth-order valence-electron chi connectivity index (χ4n) is 2.90. The van der Waals surface area contributed by atoms with Crippen LogP contribution in [0.4, 0.5) is 0 Å². The highest BCUT2D eigenvalue weighted by Crippen LogP contribution is 2.31. The van der Waals surface area contributed by atoms with Crippen LogP contribution >= 0.6 is 11.3 Å². The summed E-state index contributed by atoms with van der Waals surface area (Å²) < 4.78 is 5.57. The molecule has 4 nitrogen and oxygen atoms in total. The summed E-state index contributed by atoms with van der Waals surface area (Å²) in [5.74, 6) is 0.0907. The summed E-state index contributed by atoms with van der Waals surface area (Å²) in [4.78, 5) is 16.5. The van der Waals surface area contributed by atoms with E-state index in [1.807, 2.05) is 11.8 Å². The predicted molar refractivity (Wildman–Crippen MR) is 73.7 cm³/mol. The molecule has 1 aromatic rings. The zero-order valence-corrected chi connectivity index (χ0v) is 11.9. The van der Waals surface area contributed by atoms with Crippen molar-refractivity contribution < 1.29 is 14.6 Å². The molecule has 1 aromatic heterocycles. The second kappa shape index (κ2) is 5.23. The van der Waals surface area contributed by atoms with Crippen LogP contribution in [-0.2, 0) is 17.6 Å². The van der Waals surface area contributed by atoms with Gasteiger partial charge in [-0.05, 0) is 37.8 Å². The van der Waals surface area contributed by atoms with Crippen LogP contribution in [0.2, 0.25) is 0 Å². The number of aliphatic hydroxyl groups excluding tert-OH is 1. The van der Waals surface area contributed by atoms with E-state index in [1.165, 1.54) is 16.9 Å². The van der Waals surface area contributed by atoms with Crippen LogP contribution in [0.3, 0.4) is 0 Å². The van der Waals surface area contributed by atoms with Crippen molar-refractivity contribution in [2.45, 2.75) is 38.4 Å². The normalized spacial score (nSPS) is 26.5. The van der Waals surface area contributed by atoms with Crippen LogP contribution in [0.5, 0.6) is 0 Å². The van der Waals surface area contributed by atoms with E-state index in [4.69, 9.17) is 4.74 Å². The first-order valence-corrected chi connectivity index (χ1v) is 7.66. The quantitative estimate of drug-likeness (QED) is 0.893. The number of morpholine rings is 1. The van der Waals surface area contributed by atoms with Gasteiger partial charge >= 0.3 is 0 Å². The topological polar surface area (TPSA) is 49.8 Å². The molecule has 3 rings (SSSR count). The average Bonchev–Trinajstić information content (AvgIpc) is 2.97. The fourth-order valence-corrected chi connectivity index (χ4v) is 4.12. The lowest BCUT2D eigenvalue weighted by molar-refractivity contribution is -0.0857. The van der Waals surface area contributed by atoms with Gasteiger partial charge in [0.05, 0.1) is 23.7 Å². The van der Waals surface area contributed by atoms with Crippen molar-refractivity contribution >= 4 is 17.2 Å². The number of fused-ring (bicyclic) bond motifs is 1. The van der Waals surface area contributed by atoms with Crippen LogP contribution in [0, 0.1) is 0 Å². The number of aliphatic hydroxyl groups is 1. The number of carbonyl (C=O) groups excluding carboxylic acids is 1. The Balaban J connectivity index is 1.75. The molecular weight excluding hydrogens is 262 g/mol. The monoisotopic (exact) mass is 281 g/mol. The highest BCUT2D eigenvalue weighted by molar-refractivity contribution is 7.14. The molecule has 0 radical (unpaired) electrons. The minimum atomic E-state index is -0.250. The third-order valence-electron chi connectivity index (χ3n) is 3.77. The van der Waals surface area contributed by atoms with Crippen molar-refractivity contribution in [2.75, 3.05) is 19.7 Å². The third kappa shape index (κ3) is 2.55. The number of hydrogen-bond acceptors (Lipinski definition) is 4. The second-order valence-corrected chi connectivity index (χ2v) is 6.51. The molecule has 104 valence electrons. The number of thiophene rings is 1. The Morgan fingerprint density at radius 3 is 3.11 bits per heavy atom. The van der Waals surface area contributed by atoms with E-state index >= 15 is 0 Å². The van der Waals surface area contributed by atoms with Crippen LogP contribution in [-0.4, -0.2) is 47.8 Å². The van der Waals surface area contributed by atoms with E-state index in [0.29, 0.717) is 13.1 Å². The standard InChI is InChI=1S/C14H19NO3S/c1-9-6-15(7-11(8-16)18-9)14(17)13-5-10-3-2-4-12(10)19-13/h5,9,11,16H,2-4,6-8H2,1H3. The van der Waals surface area contributed by atoms with Gasteiger partial charge in [0.25, 0.3) is 5.91 Å². The van der Waals surface area contributed by atoms with E-state index in [9.17, 15) is 9.90 Å². The number of aryl methyl sites for hydroxylation is 2. The van der Waals surface area contributed by atoms with Crippen molar-refractivity contribution in [2.24, 2.45) is 0 Å². The first-order valence-electron chi connectivity index (χ1n) is 6.84.